The van der Waals surface area contributed by atoms with Crippen LogP contribution in [0.25, 0.3) is 0 Å². The Morgan fingerprint density at radius 1 is 0.972 bits per heavy atom. The summed E-state index contributed by atoms with van der Waals surface area (Å²) in [6.07, 6.45) is 38.3. The summed E-state index contributed by atoms with van der Waals surface area (Å²) >= 11 is 0. The summed E-state index contributed by atoms with van der Waals surface area (Å²) in [6, 6.07) is 0.593. The van der Waals surface area contributed by atoms with E-state index in [4.69, 9.17) is 0 Å². The van der Waals surface area contributed by atoms with Gasteiger partial charge in [-0.05, 0) is 112 Å². The first-order valence-electron chi connectivity index (χ1n) is 15.6. The molecule has 0 bridgehead atoms. The van der Waals surface area contributed by atoms with E-state index in [-0.39, 0.29) is 0 Å². The van der Waals surface area contributed by atoms with Crippen LogP contribution in [0.3, 0.4) is 0 Å². The number of fused-ring (bicyclic) bond motifs is 3. The first-order valence-corrected chi connectivity index (χ1v) is 15.6. The molecule has 6 aliphatic rings. The average molecular weight is 484 g/mol. The maximum absolute atomic E-state index is 4.38. The fourth-order valence-electron chi connectivity index (χ4n) is 9.05. The summed E-state index contributed by atoms with van der Waals surface area (Å²) in [6.45, 7) is 4.38. The van der Waals surface area contributed by atoms with Crippen molar-refractivity contribution in [1.82, 2.24) is 4.90 Å². The maximum atomic E-state index is 4.38. The van der Waals surface area contributed by atoms with E-state index in [2.05, 4.69) is 61.1 Å². The lowest BCUT2D eigenvalue weighted by atomic mass is 9.64. The predicted molar refractivity (Wildman–Crippen MR) is 153 cm³/mol. The van der Waals surface area contributed by atoms with E-state index in [0.29, 0.717) is 17.9 Å². The third kappa shape index (κ3) is 4.65. The highest BCUT2D eigenvalue weighted by Crippen LogP contribution is 2.50. The molecule has 1 heteroatoms. The third-order valence-corrected chi connectivity index (χ3v) is 11.0. The van der Waals surface area contributed by atoms with Gasteiger partial charge in [0.15, 0.2) is 0 Å². The van der Waals surface area contributed by atoms with Gasteiger partial charge in [0, 0.05) is 24.6 Å². The molecule has 1 heterocycles. The van der Waals surface area contributed by atoms with Crippen LogP contribution in [-0.4, -0.2) is 18.0 Å². The highest BCUT2D eigenvalue weighted by atomic mass is 15.2. The maximum Gasteiger partial charge on any atom is 0.0536 e. The van der Waals surface area contributed by atoms with Crippen molar-refractivity contribution >= 4 is 0 Å². The van der Waals surface area contributed by atoms with Gasteiger partial charge >= 0.3 is 0 Å². The molecule has 0 saturated heterocycles. The van der Waals surface area contributed by atoms with Crippen LogP contribution in [0.1, 0.15) is 96.3 Å². The van der Waals surface area contributed by atoms with Crippen LogP contribution in [-0.2, 0) is 0 Å². The van der Waals surface area contributed by atoms with Crippen LogP contribution in [0.5, 0.6) is 0 Å². The molecule has 2 saturated carbocycles. The summed E-state index contributed by atoms with van der Waals surface area (Å²) in [7, 11) is 2.31. The molecule has 0 aromatic rings. The Morgan fingerprint density at radius 3 is 2.75 bits per heavy atom. The molecule has 0 amide bonds. The highest BCUT2D eigenvalue weighted by Gasteiger charge is 2.40. The molecule has 194 valence electrons. The first-order chi connectivity index (χ1) is 17.7. The molecule has 1 nitrogen and oxygen atoms in total. The van der Waals surface area contributed by atoms with Crippen LogP contribution in [0.15, 0.2) is 71.5 Å². The van der Waals surface area contributed by atoms with E-state index in [1.165, 1.54) is 102 Å². The number of allylic oxidation sites excluding steroid dienone is 8. The molecule has 2 fully saturated rings. The molecule has 6 rings (SSSR count). The van der Waals surface area contributed by atoms with E-state index in [1.54, 1.807) is 5.57 Å². The van der Waals surface area contributed by atoms with Gasteiger partial charge < -0.3 is 4.90 Å². The zero-order valence-electron chi connectivity index (χ0n) is 22.8. The first kappa shape index (κ1) is 24.6. The molecular formula is C35H49N. The Hall–Kier alpha value is -1.76. The monoisotopic (exact) mass is 483 g/mol. The fraction of sp³-hybridized carbons (Fsp3) is 0.657. The number of rotatable bonds is 5. The minimum atomic E-state index is 0.554. The minimum Gasteiger partial charge on any atom is -0.368 e. The van der Waals surface area contributed by atoms with Crippen molar-refractivity contribution in [3.8, 4) is 0 Å². The van der Waals surface area contributed by atoms with Gasteiger partial charge in [-0.25, -0.2) is 0 Å². The molecule has 1 aliphatic heterocycles. The van der Waals surface area contributed by atoms with E-state index >= 15 is 0 Å². The second-order valence-electron chi connectivity index (χ2n) is 12.8. The SMILES string of the molecule is C=CC(C/C=C1\C(C2=CCCCC2)CCC2CCCCCC12)C1C=CC2=C(C1)C1CCC=CC1N2C. The van der Waals surface area contributed by atoms with Gasteiger partial charge in [-0.2, -0.15) is 0 Å². The minimum absolute atomic E-state index is 0.554. The number of hydrogen-bond acceptors (Lipinski definition) is 1. The molecule has 5 aliphatic carbocycles. The molecule has 0 radical (unpaired) electrons. The largest absolute Gasteiger partial charge is 0.368 e. The van der Waals surface area contributed by atoms with Crippen molar-refractivity contribution in [2.24, 2.45) is 35.5 Å². The zero-order valence-corrected chi connectivity index (χ0v) is 22.8. The number of nitrogens with zero attached hydrogens (tertiary/aromatic N) is 1. The van der Waals surface area contributed by atoms with E-state index in [0.717, 1.165) is 23.7 Å². The van der Waals surface area contributed by atoms with E-state index in [9.17, 15) is 0 Å². The van der Waals surface area contributed by atoms with Crippen molar-refractivity contribution in [2.75, 3.05) is 7.05 Å². The Bertz CT molecular complexity index is 973. The van der Waals surface area contributed by atoms with E-state index < -0.39 is 0 Å². The van der Waals surface area contributed by atoms with Crippen molar-refractivity contribution in [3.63, 3.8) is 0 Å². The van der Waals surface area contributed by atoms with Crippen LogP contribution in [0.2, 0.25) is 0 Å². The summed E-state index contributed by atoms with van der Waals surface area (Å²) in [5.41, 5.74) is 6.94. The lowest BCUT2D eigenvalue weighted by Gasteiger charge is -2.40. The Morgan fingerprint density at radius 2 is 1.89 bits per heavy atom. The summed E-state index contributed by atoms with van der Waals surface area (Å²) in [5, 5.41) is 0. The molecule has 7 atom stereocenters. The van der Waals surface area contributed by atoms with Crippen LogP contribution in [0, 0.1) is 35.5 Å². The van der Waals surface area contributed by atoms with Crippen molar-refractivity contribution in [1.29, 1.82) is 0 Å². The van der Waals surface area contributed by atoms with Crippen molar-refractivity contribution in [3.05, 3.63) is 71.5 Å². The molecule has 0 aromatic carbocycles. The van der Waals surface area contributed by atoms with Gasteiger partial charge in [0.25, 0.3) is 0 Å². The molecule has 36 heavy (non-hydrogen) atoms. The smallest absolute Gasteiger partial charge is 0.0536 e. The topological polar surface area (TPSA) is 3.24 Å². The molecule has 0 spiro atoms. The number of hydrogen-bond donors (Lipinski definition) is 0. The second-order valence-corrected chi connectivity index (χ2v) is 12.8. The summed E-state index contributed by atoms with van der Waals surface area (Å²) in [5.74, 6) is 4.46. The Kier molecular flexibility index (Phi) is 7.46. The molecular weight excluding hydrogens is 434 g/mol. The van der Waals surface area contributed by atoms with E-state index in [1.807, 2.05) is 11.1 Å². The molecule has 0 aromatic heterocycles. The van der Waals surface area contributed by atoms with Gasteiger partial charge in [-0.15, -0.1) is 6.58 Å². The second kappa shape index (κ2) is 10.9. The summed E-state index contributed by atoms with van der Waals surface area (Å²) < 4.78 is 0. The predicted octanol–water partition coefficient (Wildman–Crippen LogP) is 9.32. The van der Waals surface area contributed by atoms with Gasteiger partial charge in [-0.3, -0.25) is 0 Å². The van der Waals surface area contributed by atoms with Gasteiger partial charge in [0.05, 0.1) is 6.04 Å². The third-order valence-electron chi connectivity index (χ3n) is 11.0. The van der Waals surface area contributed by atoms with Gasteiger partial charge in [-0.1, -0.05) is 66.9 Å². The number of likely N-dealkylation sites (N-methyl/N-ethyl adjacent to an activating group) is 1. The van der Waals surface area contributed by atoms with Crippen LogP contribution in [0.4, 0.5) is 0 Å². The quantitative estimate of drug-likeness (QED) is 0.352. The molecule has 0 N–H and O–H groups in total. The summed E-state index contributed by atoms with van der Waals surface area (Å²) in [4.78, 5) is 2.55. The standard InChI is InChI=1S/C35H49N/c1-3-25(28-20-23-35-33(24-28)32-16-10-11-17-34(32)36(35)2)18-22-31-29-15-9-5-8-14-27(29)19-21-30(31)26-12-6-4-7-13-26/h3,11-12,17,20,22-23,25,27-30,32,34H,1,4-10,13-16,18-19,21,24H2,2H3/b31-22-. The fourth-order valence-corrected chi connectivity index (χ4v) is 9.05. The Labute approximate surface area is 221 Å². The normalized spacial score (nSPS) is 38.2. The highest BCUT2D eigenvalue weighted by molar-refractivity contribution is 5.40. The molecule has 7 unspecified atom stereocenters. The van der Waals surface area contributed by atoms with Gasteiger partial charge in [0.1, 0.15) is 0 Å². The zero-order chi connectivity index (χ0) is 24.5. The Balaban J connectivity index is 1.22. The average Bonchev–Trinajstić information content (AvgIpc) is 3.06. The lowest BCUT2D eigenvalue weighted by molar-refractivity contribution is 0.253. The van der Waals surface area contributed by atoms with Gasteiger partial charge in [0.2, 0.25) is 0 Å². The van der Waals surface area contributed by atoms with Crippen LogP contribution >= 0.6 is 0 Å². The van der Waals surface area contributed by atoms with Crippen molar-refractivity contribution < 1.29 is 0 Å². The van der Waals surface area contributed by atoms with Crippen molar-refractivity contribution in [2.45, 2.75) is 102 Å². The lowest BCUT2D eigenvalue weighted by Crippen LogP contribution is -2.30. The van der Waals surface area contributed by atoms with Crippen LogP contribution < -0.4 is 0 Å².